The maximum atomic E-state index is 13.2. The summed E-state index contributed by atoms with van der Waals surface area (Å²) in [5.41, 5.74) is 0.476. The minimum atomic E-state index is -2.59. The molecule has 0 aliphatic heterocycles. The summed E-state index contributed by atoms with van der Waals surface area (Å²) in [6.45, 7) is 0.0808. The maximum Gasteiger partial charge on any atom is 0.254 e. The van der Waals surface area contributed by atoms with Gasteiger partial charge in [-0.25, -0.2) is 13.8 Å². The molecule has 0 radical (unpaired) electrons. The van der Waals surface area contributed by atoms with Crippen molar-refractivity contribution in [1.29, 1.82) is 0 Å². The van der Waals surface area contributed by atoms with Crippen molar-refractivity contribution in [2.24, 2.45) is 0 Å². The Morgan fingerprint density at radius 3 is 2.92 bits per heavy atom. The van der Waals surface area contributed by atoms with Crippen molar-refractivity contribution in [3.8, 4) is 0 Å². The standard InChI is InChI=1S/C16H18F2N4O2S/c1-25-15-11(3-2-8-19-15)14(23)20-9-12-21-13(22-24-12)10-4-6-16(17,18)7-5-10/h2-3,8,10H,4-7,9H2,1H3,(H,20,23). The van der Waals surface area contributed by atoms with Crippen molar-refractivity contribution in [3.05, 3.63) is 35.6 Å². The third-order valence-electron chi connectivity index (χ3n) is 4.18. The zero-order valence-corrected chi connectivity index (χ0v) is 14.5. The van der Waals surface area contributed by atoms with Crippen LogP contribution in [0.4, 0.5) is 8.78 Å². The van der Waals surface area contributed by atoms with Gasteiger partial charge in [0.2, 0.25) is 11.8 Å². The molecule has 0 aromatic carbocycles. The fourth-order valence-electron chi connectivity index (χ4n) is 2.78. The summed E-state index contributed by atoms with van der Waals surface area (Å²) in [5.74, 6) is -2.29. The molecule has 0 spiro atoms. The van der Waals surface area contributed by atoms with Crippen molar-refractivity contribution in [2.75, 3.05) is 6.26 Å². The third-order valence-corrected chi connectivity index (χ3v) is 4.89. The van der Waals surface area contributed by atoms with Gasteiger partial charge in [0.1, 0.15) is 5.03 Å². The van der Waals surface area contributed by atoms with Gasteiger partial charge in [0.15, 0.2) is 5.82 Å². The highest BCUT2D eigenvalue weighted by Gasteiger charge is 2.36. The van der Waals surface area contributed by atoms with Gasteiger partial charge in [0.05, 0.1) is 12.1 Å². The molecule has 134 valence electrons. The Morgan fingerprint density at radius 1 is 1.44 bits per heavy atom. The van der Waals surface area contributed by atoms with E-state index in [1.54, 1.807) is 18.3 Å². The van der Waals surface area contributed by atoms with Crippen molar-refractivity contribution >= 4 is 17.7 Å². The van der Waals surface area contributed by atoms with E-state index >= 15 is 0 Å². The molecule has 0 saturated heterocycles. The molecule has 1 amide bonds. The van der Waals surface area contributed by atoms with Crippen molar-refractivity contribution in [2.45, 2.75) is 49.1 Å². The monoisotopic (exact) mass is 368 g/mol. The number of nitrogens with one attached hydrogen (secondary N) is 1. The Kier molecular flexibility index (Phi) is 5.31. The predicted molar refractivity (Wildman–Crippen MR) is 87.6 cm³/mol. The second-order valence-electron chi connectivity index (χ2n) is 5.92. The molecule has 2 heterocycles. The van der Waals surface area contributed by atoms with Crippen LogP contribution in [-0.2, 0) is 6.54 Å². The van der Waals surface area contributed by atoms with Crippen LogP contribution in [0.15, 0.2) is 27.9 Å². The molecule has 1 fully saturated rings. The van der Waals surface area contributed by atoms with Gasteiger partial charge >= 0.3 is 0 Å². The molecule has 1 saturated carbocycles. The van der Waals surface area contributed by atoms with Gasteiger partial charge < -0.3 is 9.84 Å². The lowest BCUT2D eigenvalue weighted by molar-refractivity contribution is -0.0389. The first-order chi connectivity index (χ1) is 12.0. The fraction of sp³-hybridized carbons (Fsp3) is 0.500. The Labute approximate surface area is 147 Å². The fourth-order valence-corrected chi connectivity index (χ4v) is 3.33. The van der Waals surface area contributed by atoms with Crippen molar-refractivity contribution in [3.63, 3.8) is 0 Å². The summed E-state index contributed by atoms with van der Waals surface area (Å²) in [6, 6.07) is 3.38. The van der Waals surface area contributed by atoms with Gasteiger partial charge in [-0.1, -0.05) is 5.16 Å². The van der Waals surface area contributed by atoms with Gasteiger partial charge in [-0.3, -0.25) is 4.79 Å². The Bertz CT molecular complexity index is 743. The Hall–Kier alpha value is -2.03. The average Bonchev–Trinajstić information content (AvgIpc) is 3.08. The summed E-state index contributed by atoms with van der Waals surface area (Å²) in [5, 5.41) is 7.22. The molecular formula is C16H18F2N4O2S. The first-order valence-electron chi connectivity index (χ1n) is 7.96. The molecule has 25 heavy (non-hydrogen) atoms. The summed E-state index contributed by atoms with van der Waals surface area (Å²) >= 11 is 1.38. The number of alkyl halides is 2. The normalized spacial score (nSPS) is 17.4. The number of hydrogen-bond acceptors (Lipinski definition) is 6. The minimum absolute atomic E-state index is 0.0808. The van der Waals surface area contributed by atoms with E-state index in [0.717, 1.165) is 0 Å². The van der Waals surface area contributed by atoms with Gasteiger partial charge in [-0.2, -0.15) is 4.98 Å². The molecule has 1 aliphatic carbocycles. The molecule has 6 nitrogen and oxygen atoms in total. The minimum Gasteiger partial charge on any atom is -0.343 e. The molecule has 9 heteroatoms. The third kappa shape index (κ3) is 4.33. The topological polar surface area (TPSA) is 80.9 Å². The smallest absolute Gasteiger partial charge is 0.254 e. The lowest BCUT2D eigenvalue weighted by Gasteiger charge is -2.26. The maximum absolute atomic E-state index is 13.2. The number of aromatic nitrogens is 3. The predicted octanol–water partition coefficient (Wildman–Crippen LogP) is 3.41. The molecule has 0 bridgehead atoms. The van der Waals surface area contributed by atoms with Crippen LogP contribution in [0.25, 0.3) is 0 Å². The van der Waals surface area contributed by atoms with Crippen LogP contribution in [0, 0.1) is 0 Å². The number of rotatable bonds is 5. The molecule has 1 aliphatic rings. The van der Waals surface area contributed by atoms with E-state index in [1.807, 2.05) is 6.26 Å². The number of nitrogens with zero attached hydrogens (tertiary/aromatic N) is 3. The first-order valence-corrected chi connectivity index (χ1v) is 9.18. The van der Waals surface area contributed by atoms with Crippen LogP contribution in [0.1, 0.15) is 53.7 Å². The molecule has 1 N–H and O–H groups in total. The number of amides is 1. The first kappa shape index (κ1) is 17.8. The Morgan fingerprint density at radius 2 is 2.20 bits per heavy atom. The van der Waals surface area contributed by atoms with E-state index < -0.39 is 5.92 Å². The number of hydrogen-bond donors (Lipinski definition) is 1. The highest BCUT2D eigenvalue weighted by molar-refractivity contribution is 7.98. The lowest BCUT2D eigenvalue weighted by atomic mass is 9.86. The molecule has 2 aromatic heterocycles. The summed E-state index contributed by atoms with van der Waals surface area (Å²) < 4.78 is 31.6. The Balaban J connectivity index is 1.58. The largest absolute Gasteiger partial charge is 0.343 e. The zero-order chi connectivity index (χ0) is 17.9. The van der Waals surface area contributed by atoms with Gasteiger partial charge in [0.25, 0.3) is 5.91 Å². The highest BCUT2D eigenvalue weighted by atomic mass is 32.2. The molecule has 0 atom stereocenters. The average molecular weight is 368 g/mol. The number of pyridine rings is 1. The molecule has 3 rings (SSSR count). The van der Waals surface area contributed by atoms with Crippen LogP contribution in [-0.4, -0.2) is 33.2 Å². The number of thioether (sulfide) groups is 1. The van der Waals surface area contributed by atoms with E-state index in [9.17, 15) is 13.6 Å². The van der Waals surface area contributed by atoms with E-state index in [1.165, 1.54) is 11.8 Å². The van der Waals surface area contributed by atoms with E-state index in [0.29, 0.717) is 29.3 Å². The number of carbonyl (C=O) groups excluding carboxylic acids is 1. The molecule has 2 aromatic rings. The van der Waals surface area contributed by atoms with E-state index in [4.69, 9.17) is 4.52 Å². The highest BCUT2D eigenvalue weighted by Crippen LogP contribution is 2.39. The number of halogens is 2. The molecular weight excluding hydrogens is 350 g/mol. The van der Waals surface area contributed by atoms with Crippen molar-refractivity contribution in [1.82, 2.24) is 20.4 Å². The summed E-state index contributed by atoms with van der Waals surface area (Å²) in [4.78, 5) is 20.6. The van der Waals surface area contributed by atoms with Crippen LogP contribution in [0.2, 0.25) is 0 Å². The quantitative estimate of drug-likeness (QED) is 0.815. The van der Waals surface area contributed by atoms with Gasteiger partial charge in [-0.15, -0.1) is 11.8 Å². The number of carbonyl (C=O) groups is 1. The van der Waals surface area contributed by atoms with Crippen LogP contribution in [0.3, 0.4) is 0 Å². The van der Waals surface area contributed by atoms with Gasteiger partial charge in [-0.05, 0) is 31.2 Å². The molecule has 0 unspecified atom stereocenters. The lowest BCUT2D eigenvalue weighted by Crippen LogP contribution is -2.24. The van der Waals surface area contributed by atoms with Gasteiger partial charge in [0, 0.05) is 25.0 Å². The van der Waals surface area contributed by atoms with E-state index in [2.05, 4.69) is 20.4 Å². The van der Waals surface area contributed by atoms with Crippen LogP contribution < -0.4 is 5.32 Å². The second-order valence-corrected chi connectivity index (χ2v) is 6.71. The van der Waals surface area contributed by atoms with Crippen LogP contribution >= 0.6 is 11.8 Å². The zero-order valence-electron chi connectivity index (χ0n) is 13.7. The summed E-state index contributed by atoms with van der Waals surface area (Å²) in [7, 11) is 0. The van der Waals surface area contributed by atoms with Crippen LogP contribution in [0.5, 0.6) is 0 Å². The SMILES string of the molecule is CSc1ncccc1C(=O)NCc1nc(C2CCC(F)(F)CC2)no1. The second kappa shape index (κ2) is 7.47. The van der Waals surface area contributed by atoms with E-state index in [-0.39, 0.29) is 37.1 Å². The summed E-state index contributed by atoms with van der Waals surface area (Å²) in [6.07, 6.45) is 3.83. The van der Waals surface area contributed by atoms with Crippen molar-refractivity contribution < 1.29 is 18.1 Å².